The Morgan fingerprint density at radius 2 is 2.00 bits per heavy atom. The molecule has 0 bridgehead atoms. The molecule has 1 aromatic rings. The van der Waals surface area contributed by atoms with E-state index in [1.54, 1.807) is 18.8 Å². The van der Waals surface area contributed by atoms with E-state index in [1.165, 1.54) is 22.9 Å². The molecule has 0 aliphatic carbocycles. The molecule has 0 saturated carbocycles. The molecule has 1 fully saturated rings. The van der Waals surface area contributed by atoms with E-state index < -0.39 is 17.4 Å². The van der Waals surface area contributed by atoms with Crippen LogP contribution < -0.4 is 10.9 Å². The highest BCUT2D eigenvalue weighted by Gasteiger charge is 2.41. The van der Waals surface area contributed by atoms with Gasteiger partial charge in [-0.1, -0.05) is 0 Å². The summed E-state index contributed by atoms with van der Waals surface area (Å²) in [5.41, 5.74) is -1.13. The summed E-state index contributed by atoms with van der Waals surface area (Å²) in [6.07, 6.45) is 2.22. The average molecular weight is 296 g/mol. The van der Waals surface area contributed by atoms with Crippen LogP contribution in [0, 0.1) is 0 Å². The monoisotopic (exact) mass is 296 g/mol. The van der Waals surface area contributed by atoms with Gasteiger partial charge in [0.05, 0.1) is 5.56 Å². The second-order valence-corrected chi connectivity index (χ2v) is 6.05. The van der Waals surface area contributed by atoms with Gasteiger partial charge in [-0.3, -0.25) is 9.59 Å². The molecule has 1 aliphatic heterocycles. The number of aromatic nitrogens is 1. The summed E-state index contributed by atoms with van der Waals surface area (Å²) in [6.45, 7) is 0. The van der Waals surface area contributed by atoms with Gasteiger partial charge in [-0.15, -0.1) is 0 Å². The number of hydrogen-bond donors (Lipinski definition) is 2. The van der Waals surface area contributed by atoms with Crippen LogP contribution in [0.1, 0.15) is 23.2 Å². The van der Waals surface area contributed by atoms with Crippen LogP contribution in [0.4, 0.5) is 0 Å². The number of carbonyl (C=O) groups excluding carboxylic acids is 1. The van der Waals surface area contributed by atoms with E-state index in [0.717, 1.165) is 0 Å². The van der Waals surface area contributed by atoms with Crippen molar-refractivity contribution in [2.24, 2.45) is 7.05 Å². The summed E-state index contributed by atoms with van der Waals surface area (Å²) in [7, 11) is 1.54. The third kappa shape index (κ3) is 2.87. The summed E-state index contributed by atoms with van der Waals surface area (Å²) < 4.78 is 1.29. The Morgan fingerprint density at radius 3 is 2.55 bits per heavy atom. The van der Waals surface area contributed by atoms with Gasteiger partial charge >= 0.3 is 5.97 Å². The van der Waals surface area contributed by atoms with Crippen molar-refractivity contribution < 1.29 is 14.7 Å². The molecule has 0 spiro atoms. The molecular weight excluding hydrogens is 280 g/mol. The maximum absolute atomic E-state index is 12.2. The number of aliphatic carboxylic acids is 1. The van der Waals surface area contributed by atoms with E-state index in [1.807, 2.05) is 0 Å². The highest BCUT2D eigenvalue weighted by atomic mass is 32.2. The lowest BCUT2D eigenvalue weighted by molar-refractivity contribution is -0.144. The highest BCUT2D eigenvalue weighted by molar-refractivity contribution is 7.99. The first-order valence-electron chi connectivity index (χ1n) is 6.25. The molecule has 0 radical (unpaired) electrons. The fraction of sp³-hybridized carbons (Fsp3) is 0.462. The van der Waals surface area contributed by atoms with Gasteiger partial charge in [0.1, 0.15) is 5.54 Å². The van der Waals surface area contributed by atoms with E-state index in [9.17, 15) is 19.5 Å². The molecule has 2 N–H and O–H groups in total. The lowest BCUT2D eigenvalue weighted by Gasteiger charge is -2.33. The number of pyridine rings is 1. The molecule has 7 heteroatoms. The predicted octanol–water partition coefficient (Wildman–Crippen LogP) is 0.465. The first kappa shape index (κ1) is 14.6. The molecule has 0 unspecified atom stereocenters. The molecule has 6 nitrogen and oxygen atoms in total. The van der Waals surface area contributed by atoms with Gasteiger partial charge < -0.3 is 15.0 Å². The van der Waals surface area contributed by atoms with E-state index >= 15 is 0 Å². The SMILES string of the molecule is Cn1cc(C(=O)NC2(C(=O)O)CCSCC2)ccc1=O. The first-order valence-corrected chi connectivity index (χ1v) is 7.40. The van der Waals surface area contributed by atoms with Crippen LogP contribution >= 0.6 is 11.8 Å². The van der Waals surface area contributed by atoms with Gasteiger partial charge in [0.15, 0.2) is 0 Å². The van der Waals surface area contributed by atoms with Gasteiger partial charge in [0.2, 0.25) is 5.56 Å². The number of hydrogen-bond acceptors (Lipinski definition) is 4. The van der Waals surface area contributed by atoms with Crippen LogP contribution in [0.25, 0.3) is 0 Å². The summed E-state index contributed by atoms with van der Waals surface area (Å²) in [4.78, 5) is 35.0. The molecule has 0 aromatic carbocycles. The van der Waals surface area contributed by atoms with Crippen molar-refractivity contribution in [2.45, 2.75) is 18.4 Å². The number of thioether (sulfide) groups is 1. The molecule has 1 aromatic heterocycles. The minimum atomic E-state index is -1.20. The van der Waals surface area contributed by atoms with Crippen LogP contribution in [0.2, 0.25) is 0 Å². The Balaban J connectivity index is 2.22. The largest absolute Gasteiger partial charge is 0.480 e. The molecule has 20 heavy (non-hydrogen) atoms. The standard InChI is InChI=1S/C13H16N2O4S/c1-15-8-9(2-3-10(15)16)11(17)14-13(12(18)19)4-6-20-7-5-13/h2-3,8H,4-7H2,1H3,(H,14,17)(H,18,19). The zero-order chi connectivity index (χ0) is 14.8. The lowest BCUT2D eigenvalue weighted by atomic mass is 9.92. The number of nitrogens with one attached hydrogen (secondary N) is 1. The zero-order valence-corrected chi connectivity index (χ0v) is 11.9. The Hall–Kier alpha value is -1.76. The minimum absolute atomic E-state index is 0.219. The minimum Gasteiger partial charge on any atom is -0.480 e. The van der Waals surface area contributed by atoms with E-state index in [4.69, 9.17) is 0 Å². The molecule has 2 rings (SSSR count). The third-order valence-corrected chi connectivity index (χ3v) is 4.44. The number of rotatable bonds is 3. The quantitative estimate of drug-likeness (QED) is 0.846. The molecule has 0 atom stereocenters. The zero-order valence-electron chi connectivity index (χ0n) is 11.1. The maximum atomic E-state index is 12.2. The average Bonchev–Trinajstić information content (AvgIpc) is 2.42. The normalized spacial score (nSPS) is 17.4. The summed E-state index contributed by atoms with van der Waals surface area (Å²) in [5.74, 6) is -0.0504. The summed E-state index contributed by atoms with van der Waals surface area (Å²) >= 11 is 1.68. The third-order valence-electron chi connectivity index (χ3n) is 3.46. The molecule has 1 saturated heterocycles. The van der Waals surface area contributed by atoms with Crippen molar-refractivity contribution in [3.05, 3.63) is 34.2 Å². The summed E-state index contributed by atoms with van der Waals surface area (Å²) in [6, 6.07) is 2.70. The Bertz CT molecular complexity index is 590. The summed E-state index contributed by atoms with van der Waals surface area (Å²) in [5, 5.41) is 12.0. The fourth-order valence-electron chi connectivity index (χ4n) is 2.13. The van der Waals surface area contributed by atoms with Crippen LogP contribution in [-0.4, -0.2) is 38.6 Å². The lowest BCUT2D eigenvalue weighted by Crippen LogP contribution is -2.56. The number of nitrogens with zero attached hydrogens (tertiary/aromatic N) is 1. The van der Waals surface area contributed by atoms with Gasteiger partial charge in [0, 0.05) is 19.3 Å². The van der Waals surface area contributed by atoms with Crippen molar-refractivity contribution in [2.75, 3.05) is 11.5 Å². The van der Waals surface area contributed by atoms with Crippen LogP contribution in [0.3, 0.4) is 0 Å². The first-order chi connectivity index (χ1) is 9.44. The maximum Gasteiger partial charge on any atom is 0.329 e. The van der Waals surface area contributed by atoms with Crippen LogP contribution in [0.5, 0.6) is 0 Å². The Kier molecular flexibility index (Phi) is 4.17. The van der Waals surface area contributed by atoms with E-state index in [-0.39, 0.29) is 11.1 Å². The smallest absolute Gasteiger partial charge is 0.329 e. The van der Waals surface area contributed by atoms with Gasteiger partial charge in [0.25, 0.3) is 5.91 Å². The topological polar surface area (TPSA) is 88.4 Å². The van der Waals surface area contributed by atoms with Gasteiger partial charge in [-0.05, 0) is 30.4 Å². The second-order valence-electron chi connectivity index (χ2n) is 4.82. The van der Waals surface area contributed by atoms with Crippen LogP contribution in [-0.2, 0) is 11.8 Å². The molecular formula is C13H16N2O4S. The number of carboxylic acids is 1. The van der Waals surface area contributed by atoms with Crippen molar-refractivity contribution in [3.8, 4) is 0 Å². The molecule has 108 valence electrons. The number of carbonyl (C=O) groups is 2. The number of carboxylic acid groups (broad SMARTS) is 1. The van der Waals surface area contributed by atoms with E-state index in [2.05, 4.69) is 5.32 Å². The van der Waals surface area contributed by atoms with Gasteiger partial charge in [-0.2, -0.15) is 11.8 Å². The Labute approximate surface area is 120 Å². The number of aryl methyl sites for hydroxylation is 1. The molecule has 1 amide bonds. The van der Waals surface area contributed by atoms with Crippen molar-refractivity contribution in [1.82, 2.24) is 9.88 Å². The van der Waals surface area contributed by atoms with E-state index in [0.29, 0.717) is 24.3 Å². The van der Waals surface area contributed by atoms with Crippen molar-refractivity contribution in [1.29, 1.82) is 0 Å². The predicted molar refractivity (Wildman–Crippen MR) is 76.1 cm³/mol. The molecule has 2 heterocycles. The highest BCUT2D eigenvalue weighted by Crippen LogP contribution is 2.27. The second kappa shape index (κ2) is 5.70. The van der Waals surface area contributed by atoms with Crippen LogP contribution in [0.15, 0.2) is 23.1 Å². The van der Waals surface area contributed by atoms with Gasteiger partial charge in [-0.25, -0.2) is 4.79 Å². The molecule has 1 aliphatic rings. The fourth-order valence-corrected chi connectivity index (χ4v) is 3.32. The van der Waals surface area contributed by atoms with Crippen molar-refractivity contribution in [3.63, 3.8) is 0 Å². The Morgan fingerprint density at radius 1 is 1.35 bits per heavy atom. The van der Waals surface area contributed by atoms with Crippen molar-refractivity contribution >= 4 is 23.6 Å². The number of amides is 1.